The summed E-state index contributed by atoms with van der Waals surface area (Å²) in [7, 11) is 1.90. The molecular formula is C54H74N2O7. The van der Waals surface area contributed by atoms with Gasteiger partial charge in [0.25, 0.3) is 0 Å². The molecule has 63 heavy (non-hydrogen) atoms. The van der Waals surface area contributed by atoms with E-state index in [1.165, 1.54) is 38.5 Å². The predicted molar refractivity (Wildman–Crippen MR) is 253 cm³/mol. The third-order valence-corrected chi connectivity index (χ3v) is 13.5. The molecule has 1 saturated carbocycles. The number of benzene rings is 3. The van der Waals surface area contributed by atoms with Gasteiger partial charge in [-0.15, -0.1) is 6.58 Å². The van der Waals surface area contributed by atoms with Crippen LogP contribution in [0.25, 0.3) is 11.1 Å². The van der Waals surface area contributed by atoms with Crippen molar-refractivity contribution >= 4 is 11.6 Å². The predicted octanol–water partition coefficient (Wildman–Crippen LogP) is 12.2. The van der Waals surface area contributed by atoms with Gasteiger partial charge in [0.1, 0.15) is 29.9 Å². The Morgan fingerprint density at radius 1 is 0.841 bits per heavy atom. The molecule has 3 aromatic carbocycles. The fourth-order valence-electron chi connectivity index (χ4n) is 10.4. The summed E-state index contributed by atoms with van der Waals surface area (Å²) in [5, 5.41) is 24.7. The van der Waals surface area contributed by atoms with E-state index in [9.17, 15) is 15.0 Å². The number of allylic oxidation sites excluding steroid dienone is 1. The molecule has 0 radical (unpaired) electrons. The van der Waals surface area contributed by atoms with Crippen LogP contribution in [0.15, 0.2) is 102 Å². The van der Waals surface area contributed by atoms with Gasteiger partial charge >= 0.3 is 0 Å². The molecule has 1 heterocycles. The average Bonchev–Trinajstić information content (AvgIpc) is 3.31. The Hall–Kier alpha value is -4.44. The van der Waals surface area contributed by atoms with Crippen LogP contribution in [-0.4, -0.2) is 72.0 Å². The standard InChI is InChI=1S/C54H74N2O7/c1-5-8-9-10-11-12-13-14-18-27-51(59)56(4)50-39-48(55-61-7-3)46-37-42(25-19-21-34-57)45(26-20-22-35-58)52-47-38-44(32-33-49(47)63-54(50,53(46)52)60-36-6-2)62-43-30-28-41(29-31-43)40-23-16-15-17-24-40/h6,15-17,23-24,28-33,37-38,42,45,50,52-53,57-58H,2,5,7-14,18-22,25-27,34-36,39H2,1,3-4H3. The van der Waals surface area contributed by atoms with E-state index in [1.54, 1.807) is 6.08 Å². The smallest absolute Gasteiger partial charge is 0.239 e. The maximum absolute atomic E-state index is 14.4. The van der Waals surface area contributed by atoms with Crippen LogP contribution in [0.2, 0.25) is 0 Å². The Balaban J connectivity index is 1.39. The van der Waals surface area contributed by atoms with Crippen molar-refractivity contribution in [3.8, 4) is 28.4 Å². The molecule has 1 fully saturated rings. The molecule has 0 bridgehead atoms. The van der Waals surface area contributed by atoms with Crippen LogP contribution < -0.4 is 9.47 Å². The number of ether oxygens (including phenoxy) is 3. The first kappa shape index (κ1) is 48.0. The number of rotatable bonds is 27. The molecule has 6 rings (SSSR count). The van der Waals surface area contributed by atoms with Gasteiger partial charge in [0.15, 0.2) is 0 Å². The molecule has 6 atom stereocenters. The summed E-state index contributed by atoms with van der Waals surface area (Å²) in [6.45, 7) is 9.16. The van der Waals surface area contributed by atoms with Crippen molar-refractivity contribution in [1.29, 1.82) is 0 Å². The van der Waals surface area contributed by atoms with Crippen LogP contribution in [0.4, 0.5) is 0 Å². The van der Waals surface area contributed by atoms with Gasteiger partial charge in [-0.25, -0.2) is 0 Å². The van der Waals surface area contributed by atoms with E-state index in [4.69, 9.17) is 24.2 Å². The Morgan fingerprint density at radius 3 is 2.19 bits per heavy atom. The quantitative estimate of drug-likeness (QED) is 0.0446. The maximum Gasteiger partial charge on any atom is 0.239 e. The topological polar surface area (TPSA) is 110 Å². The second kappa shape index (κ2) is 24.6. The SMILES string of the molecule is C=CCOC12Oc3ccc(Oc4ccc(-c5ccccc5)cc4)cc3C3C(CCCCO)C(CCCCO)C=C(C(=NOCC)CC1N(C)C(=O)CCCCCCCCCCC)C32. The normalized spacial score (nSPS) is 23.0. The first-order valence-corrected chi connectivity index (χ1v) is 24.2. The van der Waals surface area contributed by atoms with Crippen LogP contribution in [-0.2, 0) is 14.4 Å². The van der Waals surface area contributed by atoms with Gasteiger partial charge in [-0.05, 0) is 97.9 Å². The fraction of sp³-hybridized carbons (Fsp3) is 0.556. The van der Waals surface area contributed by atoms with Gasteiger partial charge in [0, 0.05) is 44.6 Å². The van der Waals surface area contributed by atoms with Crippen LogP contribution in [0.5, 0.6) is 17.2 Å². The molecule has 9 nitrogen and oxygen atoms in total. The summed E-state index contributed by atoms with van der Waals surface area (Å²) in [5.74, 6) is 0.782. The summed E-state index contributed by atoms with van der Waals surface area (Å²) in [6, 6.07) is 24.1. The lowest BCUT2D eigenvalue weighted by atomic mass is 9.55. The molecule has 0 spiro atoms. The van der Waals surface area contributed by atoms with Gasteiger partial charge in [-0.1, -0.05) is 131 Å². The van der Waals surface area contributed by atoms with Gasteiger partial charge in [0.2, 0.25) is 11.7 Å². The largest absolute Gasteiger partial charge is 0.459 e. The Bertz CT molecular complexity index is 1930. The van der Waals surface area contributed by atoms with Crippen LogP contribution in [0.1, 0.15) is 134 Å². The number of nitrogens with zero attached hydrogens (tertiary/aromatic N) is 2. The average molecular weight is 863 g/mol. The zero-order chi connectivity index (χ0) is 44.4. The second-order valence-corrected chi connectivity index (χ2v) is 17.8. The number of amides is 1. The van der Waals surface area contributed by atoms with Gasteiger partial charge in [-0.3, -0.25) is 4.79 Å². The summed E-state index contributed by atoms with van der Waals surface area (Å²) in [5.41, 5.74) is 5.15. The molecule has 342 valence electrons. The van der Waals surface area contributed by atoms with Gasteiger partial charge < -0.3 is 34.2 Å². The highest BCUT2D eigenvalue weighted by molar-refractivity contribution is 6.03. The number of oxime groups is 1. The van der Waals surface area contributed by atoms with E-state index >= 15 is 0 Å². The van der Waals surface area contributed by atoms with Crippen molar-refractivity contribution < 1.29 is 34.1 Å². The molecule has 0 aromatic heterocycles. The lowest BCUT2D eigenvalue weighted by Crippen LogP contribution is -2.69. The van der Waals surface area contributed by atoms with Crippen molar-refractivity contribution in [1.82, 2.24) is 4.90 Å². The highest BCUT2D eigenvalue weighted by Crippen LogP contribution is 2.62. The molecule has 0 saturated heterocycles. The second-order valence-electron chi connectivity index (χ2n) is 17.8. The van der Waals surface area contributed by atoms with E-state index in [1.807, 2.05) is 61.3 Å². The fourth-order valence-corrected chi connectivity index (χ4v) is 10.4. The molecule has 3 aliphatic rings. The minimum absolute atomic E-state index is 0.0675. The van der Waals surface area contributed by atoms with Crippen molar-refractivity contribution in [2.24, 2.45) is 22.9 Å². The number of carbonyl (C=O) groups excluding carboxylic acids is 1. The van der Waals surface area contributed by atoms with Crippen LogP contribution in [0, 0.1) is 17.8 Å². The summed E-state index contributed by atoms with van der Waals surface area (Å²) in [6.07, 6.45) is 20.6. The highest BCUT2D eigenvalue weighted by atomic mass is 16.7. The molecule has 6 unspecified atom stereocenters. The molecule has 3 aromatic rings. The minimum Gasteiger partial charge on any atom is -0.459 e. The number of fused-ring (bicyclic) bond motifs is 2. The van der Waals surface area contributed by atoms with E-state index in [-0.39, 0.29) is 49.4 Å². The Labute approximate surface area is 377 Å². The third kappa shape index (κ3) is 12.0. The third-order valence-electron chi connectivity index (χ3n) is 13.5. The van der Waals surface area contributed by atoms with E-state index in [0.29, 0.717) is 37.4 Å². The summed E-state index contributed by atoms with van der Waals surface area (Å²) >= 11 is 0. The molecule has 9 heteroatoms. The number of aliphatic hydroxyl groups excluding tert-OH is 2. The lowest BCUT2D eigenvalue weighted by Gasteiger charge is -2.59. The minimum atomic E-state index is -1.26. The highest BCUT2D eigenvalue weighted by Gasteiger charge is 2.65. The van der Waals surface area contributed by atoms with E-state index in [0.717, 1.165) is 85.1 Å². The van der Waals surface area contributed by atoms with Gasteiger partial charge in [0.05, 0.1) is 18.2 Å². The van der Waals surface area contributed by atoms with Crippen LogP contribution in [0.3, 0.4) is 0 Å². The van der Waals surface area contributed by atoms with E-state index < -0.39 is 11.8 Å². The van der Waals surface area contributed by atoms with Crippen molar-refractivity contribution in [3.05, 3.63) is 103 Å². The first-order chi connectivity index (χ1) is 30.9. The molecule has 2 N–H and O–H groups in total. The Morgan fingerprint density at radius 2 is 1.51 bits per heavy atom. The lowest BCUT2D eigenvalue weighted by molar-refractivity contribution is -0.255. The first-order valence-electron chi connectivity index (χ1n) is 24.2. The number of hydrogen-bond donors (Lipinski definition) is 2. The monoisotopic (exact) mass is 863 g/mol. The number of unbranched alkanes of at least 4 members (excludes halogenated alkanes) is 10. The summed E-state index contributed by atoms with van der Waals surface area (Å²) in [4.78, 5) is 22.1. The van der Waals surface area contributed by atoms with Crippen LogP contribution >= 0.6 is 0 Å². The zero-order valence-electron chi connectivity index (χ0n) is 38.4. The maximum atomic E-state index is 14.4. The summed E-state index contributed by atoms with van der Waals surface area (Å²) < 4.78 is 21.0. The van der Waals surface area contributed by atoms with Gasteiger partial charge in [-0.2, -0.15) is 0 Å². The van der Waals surface area contributed by atoms with Crippen molar-refractivity contribution in [3.63, 3.8) is 0 Å². The molecule has 1 amide bonds. The number of aliphatic hydroxyl groups is 2. The zero-order valence-corrected chi connectivity index (χ0v) is 38.4. The molecule has 2 aliphatic carbocycles. The molecular weight excluding hydrogens is 789 g/mol. The van der Waals surface area contributed by atoms with Crippen molar-refractivity contribution in [2.75, 3.05) is 33.5 Å². The molecule has 1 aliphatic heterocycles. The number of hydrogen-bond acceptors (Lipinski definition) is 8. The Kier molecular flexibility index (Phi) is 18.7. The number of carbonyl (C=O) groups is 1. The van der Waals surface area contributed by atoms with E-state index in [2.05, 4.69) is 49.9 Å². The number of likely N-dealkylation sites (N-methyl/N-ethyl adjacent to an activating group) is 1. The van der Waals surface area contributed by atoms with Crippen molar-refractivity contribution in [2.45, 2.75) is 141 Å².